The highest BCUT2D eigenvalue weighted by Crippen LogP contribution is 2.45. The van der Waals surface area contributed by atoms with Gasteiger partial charge in [-0.15, -0.1) is 0 Å². The smallest absolute Gasteiger partial charge is 0.249 e. The molecule has 3 amide bonds. The summed E-state index contributed by atoms with van der Waals surface area (Å²) in [6.45, 7) is 12.8. The first-order valence-corrected chi connectivity index (χ1v) is 27.9. The van der Waals surface area contributed by atoms with Crippen molar-refractivity contribution >= 4 is 91.5 Å². The number of amides is 3. The van der Waals surface area contributed by atoms with Crippen LogP contribution in [0, 0.1) is 18.2 Å². The van der Waals surface area contributed by atoms with Gasteiger partial charge >= 0.3 is 0 Å². The van der Waals surface area contributed by atoms with Crippen molar-refractivity contribution in [1.29, 1.82) is 0 Å². The molecule has 15 nitrogen and oxygen atoms in total. The minimum atomic E-state index is -2.92. The van der Waals surface area contributed by atoms with Crippen molar-refractivity contribution < 1.29 is 28.1 Å². The number of benzene rings is 3. The van der Waals surface area contributed by atoms with E-state index in [2.05, 4.69) is 93.1 Å². The summed E-state index contributed by atoms with van der Waals surface area (Å²) in [4.78, 5) is 57.9. The molecular formula is C52H63BrFN10O5P. The van der Waals surface area contributed by atoms with E-state index in [0.717, 1.165) is 101 Å². The molecular weight excluding hydrogens is 975 g/mol. The number of halogens is 2. The fraction of sp³-hybridized carbons (Fsp3) is 0.462. The van der Waals surface area contributed by atoms with E-state index in [-0.39, 0.29) is 28.8 Å². The van der Waals surface area contributed by atoms with E-state index >= 15 is 0 Å². The van der Waals surface area contributed by atoms with E-state index in [1.54, 1.807) is 45.7 Å². The summed E-state index contributed by atoms with van der Waals surface area (Å²) < 4.78 is 35.0. The molecule has 1 unspecified atom stereocenters. The summed E-state index contributed by atoms with van der Waals surface area (Å²) in [6, 6.07) is 17.1. The normalized spacial score (nSPS) is 19.0. The maximum atomic E-state index is 14.8. The predicted molar refractivity (Wildman–Crippen MR) is 279 cm³/mol. The molecule has 1 atom stereocenters. The van der Waals surface area contributed by atoms with Crippen molar-refractivity contribution in [3.63, 3.8) is 0 Å². The number of methoxy groups -OCH3 is 1. The standard InChI is InChI=1S/C52H63BrFN10O5P/c1-6-33-27-43(59-51-55-30-38(53)49(61-51)58-41-12-11-40-37(48(41)70(4,5)68)28-39(54)32(2)56-40)45(69-3)29-44(33)63-23-17-52(18-24-63)19-25-64(26-20-52)47(66)31-62-21-15-35(16-22-62)34-7-9-36(10-8-34)57-42-13-14-46(65)60-50(42)67/h7-12,27-30,35,42,57H,6,13-26,31H2,1-5H3,(H,60,65,67)(H2,55,58,59,61). The number of fused-ring (bicyclic) bond motifs is 1. The highest BCUT2D eigenvalue weighted by Gasteiger charge is 2.39. The number of likely N-dealkylation sites (tertiary alicyclic amines) is 2. The van der Waals surface area contributed by atoms with Crippen molar-refractivity contribution in [3.8, 4) is 5.75 Å². The average molecular weight is 1040 g/mol. The molecule has 3 aromatic carbocycles. The van der Waals surface area contributed by atoms with Gasteiger partial charge in [0.05, 0.1) is 40.7 Å². The van der Waals surface area contributed by atoms with Crippen LogP contribution in [0.1, 0.15) is 81.0 Å². The van der Waals surface area contributed by atoms with Crippen molar-refractivity contribution in [2.45, 2.75) is 83.6 Å². The maximum Gasteiger partial charge on any atom is 0.249 e. The van der Waals surface area contributed by atoms with Crippen LogP contribution in [0.15, 0.2) is 65.3 Å². The van der Waals surface area contributed by atoms with Gasteiger partial charge in [-0.3, -0.25) is 29.6 Å². The zero-order chi connectivity index (χ0) is 49.3. The summed E-state index contributed by atoms with van der Waals surface area (Å²) in [6.07, 6.45) is 9.48. The third-order valence-electron chi connectivity index (χ3n) is 14.9. The Morgan fingerprint density at radius 3 is 2.31 bits per heavy atom. The summed E-state index contributed by atoms with van der Waals surface area (Å²) in [5.74, 6) is 1.16. The molecule has 4 saturated heterocycles. The van der Waals surface area contributed by atoms with E-state index in [0.29, 0.717) is 69.2 Å². The third kappa shape index (κ3) is 10.8. The zero-order valence-electron chi connectivity index (χ0n) is 40.7. The number of carbonyl (C=O) groups excluding carboxylic acids is 3. The van der Waals surface area contributed by atoms with Crippen molar-refractivity contribution in [3.05, 3.63) is 87.9 Å². The van der Waals surface area contributed by atoms with Gasteiger partial charge in [0.2, 0.25) is 23.7 Å². The van der Waals surface area contributed by atoms with Crippen molar-refractivity contribution in [1.82, 2.24) is 30.1 Å². The van der Waals surface area contributed by atoms with Crippen LogP contribution in [0.3, 0.4) is 0 Å². The third-order valence-corrected chi connectivity index (χ3v) is 17.1. The van der Waals surface area contributed by atoms with Gasteiger partial charge < -0.3 is 35.1 Å². The van der Waals surface area contributed by atoms with E-state index in [4.69, 9.17) is 9.72 Å². The Balaban J connectivity index is 0.773. The van der Waals surface area contributed by atoms with Gasteiger partial charge in [-0.1, -0.05) is 19.1 Å². The molecule has 4 N–H and O–H groups in total. The van der Waals surface area contributed by atoms with E-state index in [1.807, 2.05) is 12.1 Å². The number of ether oxygens (including phenoxy) is 1. The Labute approximate surface area is 417 Å². The van der Waals surface area contributed by atoms with Gasteiger partial charge in [-0.05, 0) is 159 Å². The van der Waals surface area contributed by atoms with Crippen molar-refractivity contribution in [2.24, 2.45) is 5.41 Å². The number of nitrogens with zero attached hydrogens (tertiary/aromatic N) is 6. The predicted octanol–water partition coefficient (Wildman–Crippen LogP) is 8.85. The topological polar surface area (TPSA) is 174 Å². The first-order chi connectivity index (χ1) is 33.6. The van der Waals surface area contributed by atoms with Crippen LogP contribution in [-0.4, -0.2) is 115 Å². The van der Waals surface area contributed by atoms with Crippen LogP contribution in [0.5, 0.6) is 5.75 Å². The number of anilines is 6. The lowest BCUT2D eigenvalue weighted by Gasteiger charge is -2.48. The molecule has 4 fully saturated rings. The molecule has 5 aromatic rings. The SMILES string of the molecule is CCc1cc(Nc2ncc(Br)c(Nc3ccc4nc(C)c(F)cc4c3P(C)(C)=O)n2)c(OC)cc1N1CCC2(CCN(C(=O)CN3CCC(c4ccc(NC5CCC(=O)NC5=O)cc4)CC3)CC2)CC1. The molecule has 1 spiro atoms. The van der Waals surface area contributed by atoms with E-state index in [1.165, 1.54) is 17.2 Å². The molecule has 0 aliphatic carbocycles. The summed E-state index contributed by atoms with van der Waals surface area (Å²) in [7, 11) is -1.26. The number of imide groups is 1. The molecule has 4 aliphatic rings. The Hall–Kier alpha value is -5.64. The number of carbonyl (C=O) groups is 3. The van der Waals surface area contributed by atoms with Gasteiger partial charge in [0.1, 0.15) is 30.6 Å². The molecule has 70 heavy (non-hydrogen) atoms. The summed E-state index contributed by atoms with van der Waals surface area (Å²) >= 11 is 3.58. The lowest BCUT2D eigenvalue weighted by Crippen LogP contribution is -2.50. The number of rotatable bonds is 13. The van der Waals surface area contributed by atoms with Crippen LogP contribution in [0.2, 0.25) is 0 Å². The van der Waals surface area contributed by atoms with Crippen LogP contribution in [0.4, 0.5) is 38.9 Å². The van der Waals surface area contributed by atoms with E-state index in [9.17, 15) is 23.3 Å². The highest BCUT2D eigenvalue weighted by atomic mass is 79.9. The zero-order valence-corrected chi connectivity index (χ0v) is 43.2. The number of aromatic nitrogens is 3. The van der Waals surface area contributed by atoms with Crippen LogP contribution in [0.25, 0.3) is 10.9 Å². The van der Waals surface area contributed by atoms with Gasteiger partial charge in [0.25, 0.3) is 0 Å². The second-order valence-electron chi connectivity index (χ2n) is 19.8. The summed E-state index contributed by atoms with van der Waals surface area (Å²) in [5.41, 5.74) is 6.83. The maximum absolute atomic E-state index is 14.8. The number of hydrogen-bond donors (Lipinski definition) is 4. The van der Waals surface area contributed by atoms with Gasteiger partial charge in [-0.25, -0.2) is 9.37 Å². The largest absolute Gasteiger partial charge is 0.494 e. The van der Waals surface area contributed by atoms with Gasteiger partial charge in [-0.2, -0.15) is 4.98 Å². The van der Waals surface area contributed by atoms with Crippen molar-refractivity contribution in [2.75, 3.05) is 87.1 Å². The van der Waals surface area contributed by atoms with Crippen LogP contribution < -0.4 is 36.2 Å². The molecule has 4 aliphatic heterocycles. The van der Waals surface area contributed by atoms with Crippen LogP contribution >= 0.6 is 23.1 Å². The molecule has 9 rings (SSSR count). The number of hydrogen-bond acceptors (Lipinski definition) is 13. The number of nitrogens with one attached hydrogen (secondary N) is 4. The quantitative estimate of drug-likeness (QED) is 0.0652. The van der Waals surface area contributed by atoms with Gasteiger partial charge in [0, 0.05) is 66.9 Å². The lowest BCUT2D eigenvalue weighted by molar-refractivity contribution is -0.135. The Morgan fingerprint density at radius 2 is 1.64 bits per heavy atom. The highest BCUT2D eigenvalue weighted by molar-refractivity contribution is 9.10. The molecule has 370 valence electrons. The first kappa shape index (κ1) is 49.3. The number of pyridine rings is 1. The molecule has 18 heteroatoms. The molecule has 6 heterocycles. The average Bonchev–Trinajstić information content (AvgIpc) is 3.34. The number of piperidine rings is 4. The monoisotopic (exact) mass is 1040 g/mol. The van der Waals surface area contributed by atoms with E-state index < -0.39 is 19.0 Å². The minimum absolute atomic E-state index is 0.217. The second kappa shape index (κ2) is 20.6. The fourth-order valence-electron chi connectivity index (χ4n) is 10.8. The Bertz CT molecular complexity index is 2840. The molecule has 2 aromatic heterocycles. The number of aryl methyl sites for hydroxylation is 2. The Kier molecular flexibility index (Phi) is 14.5. The first-order valence-electron chi connectivity index (χ1n) is 24.5. The molecule has 0 radical (unpaired) electrons. The minimum Gasteiger partial charge on any atom is -0.494 e. The lowest BCUT2D eigenvalue weighted by atomic mass is 9.71. The van der Waals surface area contributed by atoms with Gasteiger partial charge in [0.15, 0.2) is 0 Å². The second-order valence-corrected chi connectivity index (χ2v) is 23.8. The molecule has 0 bridgehead atoms. The Morgan fingerprint density at radius 1 is 0.929 bits per heavy atom. The molecule has 0 saturated carbocycles. The summed E-state index contributed by atoms with van der Waals surface area (Å²) in [5, 5.41) is 13.4. The van der Waals surface area contributed by atoms with Crippen LogP contribution in [-0.2, 0) is 25.4 Å². The fourth-order valence-corrected chi connectivity index (χ4v) is 12.5.